The molecule has 0 unspecified atom stereocenters. The standard InChI is InChI=1S/C25H25NO6/c1-14-17-9-16-6-7-25(2,3)32-20(16)11-21(17)31-24(28)18(14)10-23(27)26-12-15-4-5-19-22(8-15)30-13-29-19/h4-5,8-9,11H,6-7,10,12-13H2,1-3H3,(H,26,27). The van der Waals surface area contributed by atoms with Gasteiger partial charge in [-0.15, -0.1) is 0 Å². The Morgan fingerprint density at radius 3 is 2.75 bits per heavy atom. The molecule has 0 fully saturated rings. The summed E-state index contributed by atoms with van der Waals surface area (Å²) in [6, 6.07) is 9.34. The van der Waals surface area contributed by atoms with Gasteiger partial charge in [0.1, 0.15) is 16.9 Å². The summed E-state index contributed by atoms with van der Waals surface area (Å²) >= 11 is 0. The van der Waals surface area contributed by atoms with Crippen LogP contribution in [0.25, 0.3) is 11.0 Å². The third-order valence-corrected chi connectivity index (χ3v) is 6.12. The second-order valence-electron chi connectivity index (χ2n) is 8.95. The number of nitrogens with one attached hydrogen (secondary N) is 1. The van der Waals surface area contributed by atoms with E-state index in [4.69, 9.17) is 18.6 Å². The van der Waals surface area contributed by atoms with Gasteiger partial charge < -0.3 is 23.9 Å². The van der Waals surface area contributed by atoms with Crippen molar-refractivity contribution in [3.63, 3.8) is 0 Å². The summed E-state index contributed by atoms with van der Waals surface area (Å²) < 4.78 is 22.3. The fraction of sp³-hybridized carbons (Fsp3) is 0.360. The van der Waals surface area contributed by atoms with Crippen LogP contribution in [0.1, 0.15) is 42.5 Å². The van der Waals surface area contributed by atoms with Crippen molar-refractivity contribution in [3.05, 3.63) is 63.0 Å². The molecule has 0 atom stereocenters. The van der Waals surface area contributed by atoms with Gasteiger partial charge in [0, 0.05) is 18.0 Å². The number of benzene rings is 2. The van der Waals surface area contributed by atoms with Gasteiger partial charge in [-0.1, -0.05) is 6.07 Å². The molecule has 1 aromatic heterocycles. The Kier molecular flexibility index (Phi) is 4.84. The molecule has 0 radical (unpaired) electrons. The van der Waals surface area contributed by atoms with Crippen molar-refractivity contribution >= 4 is 16.9 Å². The van der Waals surface area contributed by atoms with E-state index in [1.165, 1.54) is 0 Å². The number of rotatable bonds is 4. The first-order valence-electron chi connectivity index (χ1n) is 10.7. The quantitative estimate of drug-likeness (QED) is 0.628. The van der Waals surface area contributed by atoms with Crippen molar-refractivity contribution in [1.29, 1.82) is 0 Å². The maximum absolute atomic E-state index is 12.7. The van der Waals surface area contributed by atoms with Crippen molar-refractivity contribution in [3.8, 4) is 17.2 Å². The molecule has 7 heteroatoms. The lowest BCUT2D eigenvalue weighted by atomic mass is 9.92. The minimum Gasteiger partial charge on any atom is -0.487 e. The second-order valence-corrected chi connectivity index (χ2v) is 8.95. The molecule has 0 saturated carbocycles. The van der Waals surface area contributed by atoms with Crippen LogP contribution in [0.4, 0.5) is 0 Å². The van der Waals surface area contributed by atoms with Crippen LogP contribution >= 0.6 is 0 Å². The molecule has 2 aliphatic heterocycles. The molecular formula is C25H25NO6. The minimum absolute atomic E-state index is 0.0464. The first-order chi connectivity index (χ1) is 15.3. The third-order valence-electron chi connectivity index (χ3n) is 6.12. The first-order valence-corrected chi connectivity index (χ1v) is 10.7. The van der Waals surface area contributed by atoms with Crippen LogP contribution in [0.15, 0.2) is 39.5 Å². The molecule has 0 spiro atoms. The zero-order valence-electron chi connectivity index (χ0n) is 18.4. The lowest BCUT2D eigenvalue weighted by Gasteiger charge is -2.32. The molecule has 3 heterocycles. The number of aryl methyl sites for hydroxylation is 2. The molecule has 2 aromatic carbocycles. The van der Waals surface area contributed by atoms with E-state index in [9.17, 15) is 9.59 Å². The van der Waals surface area contributed by atoms with Crippen LogP contribution < -0.4 is 25.2 Å². The van der Waals surface area contributed by atoms with E-state index in [0.29, 0.717) is 29.2 Å². The molecule has 1 amide bonds. The molecule has 0 bridgehead atoms. The molecule has 2 aliphatic rings. The van der Waals surface area contributed by atoms with Gasteiger partial charge in [-0.25, -0.2) is 4.79 Å². The Labute approximate surface area is 185 Å². The fourth-order valence-electron chi connectivity index (χ4n) is 4.21. The molecule has 3 aromatic rings. The van der Waals surface area contributed by atoms with Gasteiger partial charge in [-0.2, -0.15) is 0 Å². The summed E-state index contributed by atoms with van der Waals surface area (Å²) in [5.41, 5.74) is 2.86. The number of ether oxygens (including phenoxy) is 3. The van der Waals surface area contributed by atoms with Crippen LogP contribution in [-0.4, -0.2) is 18.3 Å². The highest BCUT2D eigenvalue weighted by atomic mass is 16.7. The molecule has 1 N–H and O–H groups in total. The summed E-state index contributed by atoms with van der Waals surface area (Å²) in [6.07, 6.45) is 1.76. The van der Waals surface area contributed by atoms with Gasteiger partial charge >= 0.3 is 5.63 Å². The monoisotopic (exact) mass is 435 g/mol. The van der Waals surface area contributed by atoms with Crippen molar-refractivity contribution in [2.75, 3.05) is 6.79 Å². The molecule has 166 valence electrons. The predicted octanol–water partition coefficient (Wildman–Crippen LogP) is 3.79. The number of fused-ring (bicyclic) bond motifs is 3. The Balaban J connectivity index is 1.35. The molecule has 5 rings (SSSR count). The summed E-state index contributed by atoms with van der Waals surface area (Å²) in [5.74, 6) is 1.87. The van der Waals surface area contributed by atoms with Gasteiger partial charge in [0.15, 0.2) is 11.5 Å². The lowest BCUT2D eigenvalue weighted by molar-refractivity contribution is -0.120. The van der Waals surface area contributed by atoms with E-state index in [0.717, 1.165) is 40.7 Å². The Hall–Kier alpha value is -3.48. The van der Waals surface area contributed by atoms with E-state index < -0.39 is 5.63 Å². The smallest absolute Gasteiger partial charge is 0.340 e. The molecule has 0 aliphatic carbocycles. The number of carbonyl (C=O) groups excluding carboxylic acids is 1. The summed E-state index contributed by atoms with van der Waals surface area (Å²) in [5, 5.41) is 3.70. The van der Waals surface area contributed by atoms with Crippen LogP contribution in [-0.2, 0) is 24.2 Å². The van der Waals surface area contributed by atoms with Gasteiger partial charge in [-0.3, -0.25) is 4.79 Å². The number of hydrogen-bond donors (Lipinski definition) is 1. The van der Waals surface area contributed by atoms with E-state index >= 15 is 0 Å². The van der Waals surface area contributed by atoms with E-state index in [1.807, 2.05) is 45.0 Å². The Morgan fingerprint density at radius 1 is 1.09 bits per heavy atom. The van der Waals surface area contributed by atoms with Crippen LogP contribution in [0, 0.1) is 6.92 Å². The second kappa shape index (κ2) is 7.58. The summed E-state index contributed by atoms with van der Waals surface area (Å²) in [4.78, 5) is 25.3. The van der Waals surface area contributed by atoms with Gasteiger partial charge in [0.2, 0.25) is 12.7 Å². The lowest BCUT2D eigenvalue weighted by Crippen LogP contribution is -2.32. The Morgan fingerprint density at radius 2 is 1.91 bits per heavy atom. The van der Waals surface area contributed by atoms with Gasteiger partial charge in [0.25, 0.3) is 0 Å². The molecule has 0 saturated heterocycles. The maximum atomic E-state index is 12.7. The zero-order chi connectivity index (χ0) is 22.5. The SMILES string of the molecule is Cc1c(CC(=O)NCc2ccc3c(c2)OCO3)c(=O)oc2cc3c(cc12)CCC(C)(C)O3. The van der Waals surface area contributed by atoms with E-state index in [1.54, 1.807) is 6.07 Å². The van der Waals surface area contributed by atoms with Crippen molar-refractivity contribution in [2.24, 2.45) is 0 Å². The van der Waals surface area contributed by atoms with Crippen molar-refractivity contribution in [1.82, 2.24) is 5.32 Å². The topological polar surface area (TPSA) is 87.0 Å². The largest absolute Gasteiger partial charge is 0.487 e. The third kappa shape index (κ3) is 3.79. The van der Waals surface area contributed by atoms with E-state index in [-0.39, 0.29) is 24.7 Å². The number of amides is 1. The number of hydrogen-bond acceptors (Lipinski definition) is 6. The minimum atomic E-state index is -0.497. The average molecular weight is 435 g/mol. The summed E-state index contributed by atoms with van der Waals surface area (Å²) in [7, 11) is 0. The predicted molar refractivity (Wildman–Crippen MR) is 118 cm³/mol. The zero-order valence-corrected chi connectivity index (χ0v) is 18.4. The average Bonchev–Trinajstić information content (AvgIpc) is 3.21. The van der Waals surface area contributed by atoms with Crippen LogP contribution in [0.5, 0.6) is 17.2 Å². The molecule has 7 nitrogen and oxygen atoms in total. The van der Waals surface area contributed by atoms with Crippen molar-refractivity contribution in [2.45, 2.75) is 52.2 Å². The normalized spacial score (nSPS) is 15.8. The first kappa shape index (κ1) is 20.4. The van der Waals surface area contributed by atoms with Crippen molar-refractivity contribution < 1.29 is 23.4 Å². The van der Waals surface area contributed by atoms with E-state index in [2.05, 4.69) is 5.32 Å². The highest BCUT2D eigenvalue weighted by Crippen LogP contribution is 2.37. The van der Waals surface area contributed by atoms with Gasteiger partial charge in [0.05, 0.1) is 12.0 Å². The molecule has 32 heavy (non-hydrogen) atoms. The maximum Gasteiger partial charge on any atom is 0.340 e. The highest BCUT2D eigenvalue weighted by Gasteiger charge is 2.28. The van der Waals surface area contributed by atoms with Crippen LogP contribution in [0.3, 0.4) is 0 Å². The number of carbonyl (C=O) groups is 1. The Bertz CT molecular complexity index is 1290. The van der Waals surface area contributed by atoms with Gasteiger partial charge in [-0.05, 0) is 68.5 Å². The highest BCUT2D eigenvalue weighted by molar-refractivity contribution is 5.86. The molecular weight excluding hydrogens is 410 g/mol. The van der Waals surface area contributed by atoms with Crippen LogP contribution in [0.2, 0.25) is 0 Å². The summed E-state index contributed by atoms with van der Waals surface area (Å²) in [6.45, 7) is 6.49. The fourth-order valence-corrected chi connectivity index (χ4v) is 4.21.